The molecular weight excluding hydrogens is 414 g/mol. The Bertz CT molecular complexity index is 880. The van der Waals surface area contributed by atoms with Gasteiger partial charge in [0.15, 0.2) is 9.91 Å². The summed E-state index contributed by atoms with van der Waals surface area (Å²) in [6.45, 7) is 0. The monoisotopic (exact) mass is 433 g/mol. The molecule has 136 valence electrons. The molecule has 0 spiro atoms. The van der Waals surface area contributed by atoms with Gasteiger partial charge in [-0.3, -0.25) is 20.1 Å². The van der Waals surface area contributed by atoms with Gasteiger partial charge in [0.2, 0.25) is 0 Å². The predicted octanol–water partition coefficient (Wildman–Crippen LogP) is 4.75. The quantitative estimate of drug-likeness (QED) is 0.327. The van der Waals surface area contributed by atoms with Crippen LogP contribution in [0.4, 0.5) is 5.69 Å². The first kappa shape index (κ1) is 18.9. The number of methoxy groups -OCH3 is 1. The van der Waals surface area contributed by atoms with Gasteiger partial charge < -0.3 is 4.74 Å². The highest BCUT2D eigenvalue weighted by Gasteiger charge is 2.27. The average molecular weight is 434 g/mol. The lowest BCUT2D eigenvalue weighted by atomic mass is 9.99. The van der Waals surface area contributed by atoms with Gasteiger partial charge in [0.25, 0.3) is 0 Å². The van der Waals surface area contributed by atoms with E-state index < -0.39 is 0 Å². The van der Waals surface area contributed by atoms with Crippen molar-refractivity contribution in [1.29, 1.82) is 5.41 Å². The van der Waals surface area contributed by atoms with Crippen LogP contribution in [-0.4, -0.2) is 35.8 Å². The molecule has 26 heavy (non-hydrogen) atoms. The maximum absolute atomic E-state index is 11.5. The zero-order valence-electron chi connectivity index (χ0n) is 14.7. The van der Waals surface area contributed by atoms with Crippen molar-refractivity contribution in [2.45, 2.75) is 18.8 Å². The van der Waals surface area contributed by atoms with Crippen molar-refractivity contribution in [1.82, 2.24) is 0 Å². The topological polar surface area (TPSA) is 65.8 Å². The molecule has 2 aromatic rings. The highest BCUT2D eigenvalue weighted by molar-refractivity contribution is 9.18. The second-order valence-corrected chi connectivity index (χ2v) is 7.67. The number of fused-ring (bicyclic) bond motifs is 1. The van der Waals surface area contributed by atoms with Gasteiger partial charge in [-0.05, 0) is 51.7 Å². The molecule has 0 bridgehead atoms. The second-order valence-electron chi connectivity index (χ2n) is 5.99. The van der Waals surface area contributed by atoms with Crippen molar-refractivity contribution in [3.63, 3.8) is 0 Å². The van der Waals surface area contributed by atoms with Crippen LogP contribution in [0.3, 0.4) is 0 Å². The van der Waals surface area contributed by atoms with E-state index >= 15 is 0 Å². The van der Waals surface area contributed by atoms with Crippen LogP contribution >= 0.6 is 27.7 Å². The Morgan fingerprint density at radius 3 is 2.62 bits per heavy atom. The number of halogens is 1. The summed E-state index contributed by atoms with van der Waals surface area (Å²) >= 11 is 4.57. The van der Waals surface area contributed by atoms with Gasteiger partial charge in [-0.1, -0.05) is 42.1 Å². The molecule has 1 saturated carbocycles. The molecule has 1 aliphatic rings. The zero-order chi connectivity index (χ0) is 18.7. The van der Waals surface area contributed by atoms with Crippen LogP contribution < -0.4 is 4.90 Å². The molecule has 0 unspecified atom stereocenters. The lowest BCUT2D eigenvalue weighted by molar-refractivity contribution is -0.137. The minimum Gasteiger partial charge on any atom is -0.468 e. The number of anilines is 1. The Labute approximate surface area is 165 Å². The fourth-order valence-corrected chi connectivity index (χ4v) is 4.07. The highest BCUT2D eigenvalue weighted by atomic mass is 79.9. The second kappa shape index (κ2) is 8.22. The van der Waals surface area contributed by atoms with Crippen LogP contribution in [0.25, 0.3) is 10.8 Å². The summed E-state index contributed by atoms with van der Waals surface area (Å²) in [5.74, 6) is 0.352. The lowest BCUT2D eigenvalue weighted by Gasteiger charge is -2.25. The number of aliphatic imine (C=N–C) groups is 1. The normalized spacial score (nSPS) is 14.3. The summed E-state index contributed by atoms with van der Waals surface area (Å²) in [4.78, 5) is 17.4. The molecule has 7 heteroatoms. The first-order valence-corrected chi connectivity index (χ1v) is 10.1. The maximum Gasteiger partial charge on any atom is 0.316 e. The SMILES string of the molecule is CN=C(Br)N(C(=N)SCC(=O)OC)c1ccc(C2CC2)c2ccccc12. The van der Waals surface area contributed by atoms with E-state index in [9.17, 15) is 4.79 Å². The van der Waals surface area contributed by atoms with E-state index in [1.165, 1.54) is 30.9 Å². The van der Waals surface area contributed by atoms with Crippen molar-refractivity contribution >= 4 is 60.0 Å². The summed E-state index contributed by atoms with van der Waals surface area (Å²) in [6, 6.07) is 12.4. The number of esters is 1. The number of nitrogens with zero attached hydrogens (tertiary/aromatic N) is 2. The van der Waals surface area contributed by atoms with E-state index in [1.54, 1.807) is 11.9 Å². The molecule has 1 aliphatic carbocycles. The number of carbonyl (C=O) groups is 1. The van der Waals surface area contributed by atoms with Crippen molar-refractivity contribution < 1.29 is 9.53 Å². The number of hydrogen-bond acceptors (Lipinski definition) is 5. The zero-order valence-corrected chi connectivity index (χ0v) is 17.1. The Morgan fingerprint density at radius 1 is 1.31 bits per heavy atom. The van der Waals surface area contributed by atoms with E-state index in [1.807, 2.05) is 18.2 Å². The predicted molar refractivity (Wildman–Crippen MR) is 113 cm³/mol. The fraction of sp³-hybridized carbons (Fsp3) is 0.316. The maximum atomic E-state index is 11.5. The number of thioether (sulfide) groups is 1. The van der Waals surface area contributed by atoms with Crippen molar-refractivity contribution in [2.75, 3.05) is 24.8 Å². The van der Waals surface area contributed by atoms with Gasteiger partial charge in [0.1, 0.15) is 0 Å². The summed E-state index contributed by atoms with van der Waals surface area (Å²) in [6.07, 6.45) is 2.47. The third kappa shape index (κ3) is 3.94. The van der Waals surface area contributed by atoms with E-state index in [4.69, 9.17) is 5.41 Å². The Balaban J connectivity index is 2.03. The standard InChI is InChI=1S/C19H20BrN3O2S/c1-22-18(20)23(19(21)26-11-17(24)25-2)16-10-9-13(12-7-8-12)14-5-3-4-6-15(14)16/h3-6,9-10,12,21H,7-8,11H2,1-2H3. The average Bonchev–Trinajstić information content (AvgIpc) is 3.51. The molecule has 1 fully saturated rings. The van der Waals surface area contributed by atoms with Crippen molar-refractivity contribution in [3.05, 3.63) is 42.0 Å². The van der Waals surface area contributed by atoms with Gasteiger partial charge in [-0.2, -0.15) is 0 Å². The first-order chi connectivity index (χ1) is 12.6. The number of rotatable bonds is 4. The number of hydrogen-bond donors (Lipinski definition) is 1. The van der Waals surface area contributed by atoms with Crippen LogP contribution in [0, 0.1) is 5.41 Å². The highest BCUT2D eigenvalue weighted by Crippen LogP contribution is 2.45. The lowest BCUT2D eigenvalue weighted by Crippen LogP contribution is -2.32. The van der Waals surface area contributed by atoms with Gasteiger partial charge >= 0.3 is 5.97 Å². The van der Waals surface area contributed by atoms with Gasteiger partial charge in [0.05, 0.1) is 18.6 Å². The first-order valence-electron chi connectivity index (χ1n) is 8.29. The van der Waals surface area contributed by atoms with E-state index in [0.717, 1.165) is 22.8 Å². The number of ether oxygens (including phenoxy) is 1. The number of benzene rings is 2. The van der Waals surface area contributed by atoms with Crippen LogP contribution in [0.2, 0.25) is 0 Å². The molecule has 0 saturated heterocycles. The molecule has 0 aliphatic heterocycles. The Kier molecular flexibility index (Phi) is 5.98. The smallest absolute Gasteiger partial charge is 0.316 e. The molecule has 1 N–H and O–H groups in total. The molecule has 0 aromatic heterocycles. The summed E-state index contributed by atoms with van der Waals surface area (Å²) in [7, 11) is 3.01. The van der Waals surface area contributed by atoms with Gasteiger partial charge in [-0.15, -0.1) is 0 Å². The number of amidine groups is 2. The Hall–Kier alpha value is -1.86. The van der Waals surface area contributed by atoms with E-state index in [-0.39, 0.29) is 16.9 Å². The Morgan fingerprint density at radius 2 is 2.00 bits per heavy atom. The molecule has 0 amide bonds. The number of nitrogens with one attached hydrogen (secondary N) is 1. The molecule has 0 heterocycles. The molecule has 3 rings (SSSR count). The fourth-order valence-electron chi connectivity index (χ4n) is 2.90. The van der Waals surface area contributed by atoms with Crippen LogP contribution in [-0.2, 0) is 9.53 Å². The minimum absolute atomic E-state index is 0.0773. The number of carbonyl (C=O) groups excluding carboxylic acids is 1. The van der Waals surface area contributed by atoms with Gasteiger partial charge in [-0.25, -0.2) is 0 Å². The molecular formula is C19H20BrN3O2S. The summed E-state index contributed by atoms with van der Waals surface area (Å²) in [5, 5.41) is 11.0. The third-order valence-electron chi connectivity index (χ3n) is 4.32. The van der Waals surface area contributed by atoms with Crippen LogP contribution in [0.5, 0.6) is 0 Å². The van der Waals surface area contributed by atoms with Crippen LogP contribution in [0.15, 0.2) is 41.4 Å². The van der Waals surface area contributed by atoms with Crippen molar-refractivity contribution in [3.8, 4) is 0 Å². The molecule has 0 radical (unpaired) electrons. The largest absolute Gasteiger partial charge is 0.468 e. The van der Waals surface area contributed by atoms with Crippen LogP contribution in [0.1, 0.15) is 24.3 Å². The third-order valence-corrected chi connectivity index (χ3v) is 5.86. The van der Waals surface area contributed by atoms with E-state index in [2.05, 4.69) is 43.9 Å². The molecule has 5 nitrogen and oxygen atoms in total. The molecule has 0 atom stereocenters. The van der Waals surface area contributed by atoms with E-state index in [0.29, 0.717) is 10.7 Å². The minimum atomic E-state index is -0.363. The molecule has 2 aromatic carbocycles. The summed E-state index contributed by atoms with van der Waals surface area (Å²) < 4.78 is 5.19. The van der Waals surface area contributed by atoms with Crippen molar-refractivity contribution in [2.24, 2.45) is 4.99 Å². The van der Waals surface area contributed by atoms with Gasteiger partial charge in [0, 0.05) is 12.4 Å². The summed E-state index contributed by atoms with van der Waals surface area (Å²) in [5.41, 5.74) is 2.23.